The lowest BCUT2D eigenvalue weighted by Gasteiger charge is -2.07. The van der Waals surface area contributed by atoms with Gasteiger partial charge >= 0.3 is 0 Å². The monoisotopic (exact) mass is 486 g/mol. The first-order valence-corrected chi connectivity index (χ1v) is 12.3. The predicted octanol–water partition coefficient (Wildman–Crippen LogP) is 3.62. The number of benzene rings is 2. The van der Waals surface area contributed by atoms with E-state index in [-0.39, 0.29) is 23.9 Å². The van der Waals surface area contributed by atoms with Crippen molar-refractivity contribution in [1.29, 1.82) is 0 Å². The molecule has 7 nitrogen and oxygen atoms in total. The van der Waals surface area contributed by atoms with E-state index in [1.54, 1.807) is 30.3 Å². The zero-order valence-electron chi connectivity index (χ0n) is 18.8. The van der Waals surface area contributed by atoms with Crippen LogP contribution in [-0.4, -0.2) is 37.2 Å². The van der Waals surface area contributed by atoms with Crippen LogP contribution in [0.5, 0.6) is 0 Å². The molecule has 1 amide bonds. The molecule has 2 N–H and O–H groups in total. The van der Waals surface area contributed by atoms with Gasteiger partial charge in [0, 0.05) is 35.4 Å². The average molecular weight is 487 g/mol. The molecule has 0 radical (unpaired) electrons. The van der Waals surface area contributed by atoms with E-state index < -0.39 is 10.0 Å². The number of carbonyl (C=O) groups excluding carboxylic acids is 1. The first-order chi connectivity index (χ1) is 15.7. The van der Waals surface area contributed by atoms with Crippen molar-refractivity contribution >= 4 is 33.6 Å². The number of hydrogen-bond donors (Lipinski definition) is 2. The first-order valence-electron chi connectivity index (χ1n) is 10.5. The fraction of sp³-hybridized carbons (Fsp3) is 0.250. The van der Waals surface area contributed by atoms with Gasteiger partial charge in [-0.2, -0.15) is 5.10 Å². The van der Waals surface area contributed by atoms with Gasteiger partial charge in [0.15, 0.2) is 0 Å². The Bertz CT molecular complexity index is 1270. The smallest absolute Gasteiger partial charge is 0.244 e. The van der Waals surface area contributed by atoms with E-state index in [1.807, 2.05) is 49.7 Å². The molecule has 9 heteroatoms. The Morgan fingerprint density at radius 1 is 1.06 bits per heavy atom. The molecule has 0 aliphatic carbocycles. The summed E-state index contributed by atoms with van der Waals surface area (Å²) in [7, 11) is -3.61. The molecule has 0 saturated heterocycles. The number of halogens is 1. The molecule has 0 spiro atoms. The van der Waals surface area contributed by atoms with Crippen LogP contribution >= 0.6 is 11.6 Å². The van der Waals surface area contributed by atoms with Crippen molar-refractivity contribution in [2.75, 3.05) is 13.1 Å². The number of carbonyl (C=O) groups is 1. The van der Waals surface area contributed by atoms with Crippen molar-refractivity contribution in [2.24, 2.45) is 0 Å². The molecule has 0 atom stereocenters. The van der Waals surface area contributed by atoms with E-state index in [0.717, 1.165) is 28.1 Å². The van der Waals surface area contributed by atoms with Gasteiger partial charge in [-0.05, 0) is 50.6 Å². The van der Waals surface area contributed by atoms with Gasteiger partial charge in [-0.25, -0.2) is 13.1 Å². The van der Waals surface area contributed by atoms with Crippen LogP contribution in [0, 0.1) is 20.8 Å². The van der Waals surface area contributed by atoms with Gasteiger partial charge in [0.2, 0.25) is 15.9 Å². The maximum absolute atomic E-state index is 12.3. The van der Waals surface area contributed by atoms with E-state index in [1.165, 1.54) is 6.08 Å². The van der Waals surface area contributed by atoms with Crippen molar-refractivity contribution < 1.29 is 13.2 Å². The molecule has 2 aromatic carbocycles. The lowest BCUT2D eigenvalue weighted by atomic mass is 10.1. The average Bonchev–Trinajstić information content (AvgIpc) is 3.04. The standard InChI is InChI=1S/C24H27ClN4O3S/c1-17-8-10-21(11-9-17)33(31,32)27-15-14-26-24(30)13-12-22-18(2)28-29(19(22)3)16-20-6-4-5-7-23(20)25/h4-13,27H,14-16H2,1-3H3,(H,26,30). The zero-order valence-corrected chi connectivity index (χ0v) is 20.4. The van der Waals surface area contributed by atoms with Gasteiger partial charge in [0.1, 0.15) is 0 Å². The van der Waals surface area contributed by atoms with Crippen molar-refractivity contribution in [3.63, 3.8) is 0 Å². The van der Waals surface area contributed by atoms with E-state index in [0.29, 0.717) is 11.6 Å². The maximum atomic E-state index is 12.3. The van der Waals surface area contributed by atoms with Crippen LogP contribution in [0.15, 0.2) is 59.5 Å². The van der Waals surface area contributed by atoms with Crippen LogP contribution in [0.2, 0.25) is 5.02 Å². The number of rotatable bonds is 9. The first kappa shape index (κ1) is 24.7. The van der Waals surface area contributed by atoms with Crippen LogP contribution in [0.3, 0.4) is 0 Å². The van der Waals surface area contributed by atoms with Crippen LogP contribution in [0.25, 0.3) is 6.08 Å². The fourth-order valence-electron chi connectivity index (χ4n) is 3.28. The quantitative estimate of drug-likeness (QED) is 0.357. The molecule has 0 aliphatic heterocycles. The third-order valence-electron chi connectivity index (χ3n) is 5.16. The maximum Gasteiger partial charge on any atom is 0.244 e. The van der Waals surface area contributed by atoms with E-state index >= 15 is 0 Å². The van der Waals surface area contributed by atoms with Gasteiger partial charge < -0.3 is 5.32 Å². The highest BCUT2D eigenvalue weighted by Crippen LogP contribution is 2.20. The molecule has 174 valence electrons. The SMILES string of the molecule is Cc1ccc(S(=O)(=O)NCCNC(=O)C=Cc2c(C)nn(Cc3ccccc3Cl)c2C)cc1. The lowest BCUT2D eigenvalue weighted by molar-refractivity contribution is -0.116. The highest BCUT2D eigenvalue weighted by Gasteiger charge is 2.13. The third kappa shape index (κ3) is 6.54. The summed E-state index contributed by atoms with van der Waals surface area (Å²) in [6.07, 6.45) is 3.14. The molecular weight excluding hydrogens is 460 g/mol. The Kier molecular flexibility index (Phi) is 8.07. The lowest BCUT2D eigenvalue weighted by Crippen LogP contribution is -2.34. The van der Waals surface area contributed by atoms with Crippen molar-refractivity contribution in [2.45, 2.75) is 32.2 Å². The second kappa shape index (κ2) is 10.8. The Labute approximate surface area is 199 Å². The molecule has 0 fully saturated rings. The number of hydrogen-bond acceptors (Lipinski definition) is 4. The summed E-state index contributed by atoms with van der Waals surface area (Å²) in [6.45, 7) is 6.50. The van der Waals surface area contributed by atoms with E-state index in [9.17, 15) is 13.2 Å². The summed E-state index contributed by atoms with van der Waals surface area (Å²) in [5.41, 5.74) is 4.52. The molecule has 0 bridgehead atoms. The highest BCUT2D eigenvalue weighted by molar-refractivity contribution is 7.89. The second-order valence-corrected chi connectivity index (χ2v) is 9.84. The summed E-state index contributed by atoms with van der Waals surface area (Å²) in [5.74, 6) is -0.317. The minimum Gasteiger partial charge on any atom is -0.351 e. The van der Waals surface area contributed by atoms with E-state index in [2.05, 4.69) is 15.1 Å². The molecule has 3 rings (SSSR count). The van der Waals surface area contributed by atoms with Gasteiger partial charge in [-0.3, -0.25) is 9.48 Å². The molecule has 0 aliphatic rings. The van der Waals surface area contributed by atoms with Crippen molar-refractivity contribution in [1.82, 2.24) is 19.8 Å². The number of sulfonamides is 1. The minimum atomic E-state index is -3.61. The van der Waals surface area contributed by atoms with Gasteiger partial charge in [0.25, 0.3) is 0 Å². The Hall–Kier alpha value is -2.94. The Balaban J connectivity index is 1.54. The molecule has 0 saturated carbocycles. The van der Waals surface area contributed by atoms with E-state index in [4.69, 9.17) is 11.6 Å². The zero-order chi connectivity index (χ0) is 24.0. The normalized spacial score (nSPS) is 11.8. The molecule has 0 unspecified atom stereocenters. The Morgan fingerprint density at radius 2 is 1.76 bits per heavy atom. The van der Waals surface area contributed by atoms with Crippen molar-refractivity contribution in [3.05, 3.63) is 87.7 Å². The van der Waals surface area contributed by atoms with Gasteiger partial charge in [-0.15, -0.1) is 0 Å². The number of nitrogens with zero attached hydrogens (tertiary/aromatic N) is 2. The van der Waals surface area contributed by atoms with Gasteiger partial charge in [-0.1, -0.05) is 47.5 Å². The summed E-state index contributed by atoms with van der Waals surface area (Å²) in [4.78, 5) is 12.4. The van der Waals surface area contributed by atoms with Crippen LogP contribution in [0.4, 0.5) is 0 Å². The fourth-order valence-corrected chi connectivity index (χ4v) is 4.51. The largest absolute Gasteiger partial charge is 0.351 e. The Morgan fingerprint density at radius 3 is 2.45 bits per heavy atom. The molecular formula is C24H27ClN4O3S. The molecule has 1 heterocycles. The molecule has 33 heavy (non-hydrogen) atoms. The number of aryl methyl sites for hydroxylation is 2. The topological polar surface area (TPSA) is 93.1 Å². The number of nitrogens with one attached hydrogen (secondary N) is 2. The summed E-state index contributed by atoms with van der Waals surface area (Å²) < 4.78 is 28.9. The summed E-state index contributed by atoms with van der Waals surface area (Å²) >= 11 is 6.25. The number of amides is 1. The van der Waals surface area contributed by atoms with Crippen LogP contribution < -0.4 is 10.0 Å². The summed E-state index contributed by atoms with van der Waals surface area (Å²) in [6, 6.07) is 14.2. The predicted molar refractivity (Wildman–Crippen MR) is 131 cm³/mol. The number of aromatic nitrogens is 2. The van der Waals surface area contributed by atoms with Gasteiger partial charge in [0.05, 0.1) is 17.1 Å². The second-order valence-electron chi connectivity index (χ2n) is 7.67. The van der Waals surface area contributed by atoms with Crippen molar-refractivity contribution in [3.8, 4) is 0 Å². The minimum absolute atomic E-state index is 0.0869. The van der Waals surface area contributed by atoms with Crippen LogP contribution in [-0.2, 0) is 21.4 Å². The molecule has 1 aromatic heterocycles. The third-order valence-corrected chi connectivity index (χ3v) is 7.01. The summed E-state index contributed by atoms with van der Waals surface area (Å²) in [5, 5.41) is 7.92. The molecule has 3 aromatic rings. The van der Waals surface area contributed by atoms with Crippen LogP contribution in [0.1, 0.15) is 28.1 Å². The highest BCUT2D eigenvalue weighted by atomic mass is 35.5.